The van der Waals surface area contributed by atoms with E-state index in [1.54, 1.807) is 6.07 Å². The highest BCUT2D eigenvalue weighted by atomic mass is 19.1. The Morgan fingerprint density at radius 2 is 2.26 bits per heavy atom. The first kappa shape index (κ1) is 13.1. The Bertz CT molecular complexity index is 595. The summed E-state index contributed by atoms with van der Waals surface area (Å²) in [6, 6.07) is 5.17. The number of nitrogens with zero attached hydrogens (tertiary/aromatic N) is 1. The molecule has 100 valence electrons. The van der Waals surface area contributed by atoms with E-state index in [0.717, 1.165) is 6.42 Å². The molecule has 0 spiro atoms. The Morgan fingerprint density at radius 3 is 3.00 bits per heavy atom. The average Bonchev–Trinajstić information content (AvgIpc) is 2.81. The third-order valence-electron chi connectivity index (χ3n) is 2.57. The van der Waals surface area contributed by atoms with Crippen molar-refractivity contribution in [2.24, 2.45) is 0 Å². The van der Waals surface area contributed by atoms with E-state index in [2.05, 4.69) is 15.5 Å². The number of H-pyrrole nitrogens is 1. The number of amides is 1. The van der Waals surface area contributed by atoms with E-state index in [4.69, 9.17) is 0 Å². The van der Waals surface area contributed by atoms with Crippen molar-refractivity contribution in [2.75, 3.05) is 5.32 Å². The molecule has 0 fully saturated rings. The van der Waals surface area contributed by atoms with Gasteiger partial charge >= 0.3 is 0 Å². The number of aromatic hydroxyl groups is 1. The predicted octanol–water partition coefficient (Wildman–Crippen LogP) is 2.66. The molecule has 1 aromatic carbocycles. The molecule has 0 aliphatic rings. The number of hydrogen-bond acceptors (Lipinski definition) is 3. The first-order chi connectivity index (χ1) is 9.10. The fourth-order valence-corrected chi connectivity index (χ4v) is 1.68. The number of carbonyl (C=O) groups is 1. The van der Waals surface area contributed by atoms with E-state index >= 15 is 0 Å². The van der Waals surface area contributed by atoms with E-state index in [-0.39, 0.29) is 11.7 Å². The third-order valence-corrected chi connectivity index (χ3v) is 2.57. The van der Waals surface area contributed by atoms with Crippen molar-refractivity contribution >= 4 is 11.7 Å². The van der Waals surface area contributed by atoms with Gasteiger partial charge in [0, 0.05) is 18.1 Å². The van der Waals surface area contributed by atoms with Gasteiger partial charge < -0.3 is 10.4 Å². The normalized spacial score (nSPS) is 10.4. The topological polar surface area (TPSA) is 78.0 Å². The molecule has 0 bridgehead atoms. The van der Waals surface area contributed by atoms with Crippen LogP contribution < -0.4 is 5.32 Å². The number of halogens is 1. The number of benzene rings is 1. The number of carbonyl (C=O) groups excluding carboxylic acids is 1. The maximum Gasteiger partial charge on any atom is 0.225 e. The molecule has 3 N–H and O–H groups in total. The van der Waals surface area contributed by atoms with Gasteiger partial charge in [-0.3, -0.25) is 9.89 Å². The van der Waals surface area contributed by atoms with E-state index in [9.17, 15) is 14.3 Å². The highest BCUT2D eigenvalue weighted by molar-refractivity contribution is 5.90. The molecule has 1 heterocycles. The summed E-state index contributed by atoms with van der Waals surface area (Å²) in [4.78, 5) is 11.4. The second kappa shape index (κ2) is 5.51. The SMILES string of the molecule is CCCC(=O)Nc1cc(-c2cc(F)ccc2O)[nH]n1. The molecule has 0 radical (unpaired) electrons. The van der Waals surface area contributed by atoms with Crippen LogP contribution in [0.4, 0.5) is 10.2 Å². The minimum atomic E-state index is -0.459. The lowest BCUT2D eigenvalue weighted by molar-refractivity contribution is -0.116. The van der Waals surface area contributed by atoms with Crippen LogP contribution in [0.5, 0.6) is 5.75 Å². The lowest BCUT2D eigenvalue weighted by Gasteiger charge is -2.01. The van der Waals surface area contributed by atoms with Crippen LogP contribution in [0.3, 0.4) is 0 Å². The van der Waals surface area contributed by atoms with Gasteiger partial charge in [-0.25, -0.2) is 4.39 Å². The van der Waals surface area contributed by atoms with Gasteiger partial charge in [0.15, 0.2) is 5.82 Å². The summed E-state index contributed by atoms with van der Waals surface area (Å²) in [5.74, 6) is -0.309. The maximum atomic E-state index is 13.1. The molecular formula is C13H14FN3O2. The number of anilines is 1. The summed E-state index contributed by atoms with van der Waals surface area (Å²) >= 11 is 0. The van der Waals surface area contributed by atoms with E-state index in [1.807, 2.05) is 6.92 Å². The molecular weight excluding hydrogens is 249 g/mol. The Hall–Kier alpha value is -2.37. The lowest BCUT2D eigenvalue weighted by Crippen LogP contribution is -2.10. The summed E-state index contributed by atoms with van der Waals surface area (Å²) in [6.07, 6.45) is 1.15. The first-order valence-electron chi connectivity index (χ1n) is 5.94. The molecule has 6 heteroatoms. The van der Waals surface area contributed by atoms with Crippen molar-refractivity contribution in [3.63, 3.8) is 0 Å². The highest BCUT2D eigenvalue weighted by Gasteiger charge is 2.10. The monoisotopic (exact) mass is 263 g/mol. The van der Waals surface area contributed by atoms with Gasteiger partial charge in [-0.05, 0) is 24.6 Å². The van der Waals surface area contributed by atoms with Crippen LogP contribution in [0.2, 0.25) is 0 Å². The van der Waals surface area contributed by atoms with Gasteiger partial charge in [0.25, 0.3) is 0 Å². The van der Waals surface area contributed by atoms with Crippen molar-refractivity contribution in [2.45, 2.75) is 19.8 Å². The lowest BCUT2D eigenvalue weighted by atomic mass is 10.1. The van der Waals surface area contributed by atoms with Crippen LogP contribution in [0.15, 0.2) is 24.3 Å². The van der Waals surface area contributed by atoms with Gasteiger partial charge in [-0.2, -0.15) is 5.10 Å². The molecule has 2 aromatic rings. The van der Waals surface area contributed by atoms with Crippen molar-refractivity contribution in [1.82, 2.24) is 10.2 Å². The van der Waals surface area contributed by atoms with Crippen LogP contribution in [0.1, 0.15) is 19.8 Å². The molecule has 1 aromatic heterocycles. The second-order valence-electron chi connectivity index (χ2n) is 4.13. The smallest absolute Gasteiger partial charge is 0.225 e. The molecule has 0 aliphatic carbocycles. The molecule has 2 rings (SSSR count). The van der Waals surface area contributed by atoms with Crippen LogP contribution >= 0.6 is 0 Å². The number of phenolic OH excluding ortho intramolecular Hbond substituents is 1. The summed E-state index contributed by atoms with van der Waals surface area (Å²) in [5.41, 5.74) is 0.729. The second-order valence-corrected chi connectivity index (χ2v) is 4.13. The molecule has 1 amide bonds. The Morgan fingerprint density at radius 1 is 1.47 bits per heavy atom. The standard InChI is InChI=1S/C13H14FN3O2/c1-2-3-13(19)15-12-7-10(16-17-12)9-6-8(14)4-5-11(9)18/h4-7,18H,2-3H2,1H3,(H2,15,16,17,19). The van der Waals surface area contributed by atoms with Crippen LogP contribution in [-0.2, 0) is 4.79 Å². The molecule has 19 heavy (non-hydrogen) atoms. The zero-order chi connectivity index (χ0) is 13.8. The molecule has 0 unspecified atom stereocenters. The highest BCUT2D eigenvalue weighted by Crippen LogP contribution is 2.29. The first-order valence-corrected chi connectivity index (χ1v) is 5.94. The number of hydrogen-bond donors (Lipinski definition) is 3. The van der Waals surface area contributed by atoms with Crippen LogP contribution in [-0.4, -0.2) is 21.2 Å². The summed E-state index contributed by atoms with van der Waals surface area (Å²) < 4.78 is 13.1. The quantitative estimate of drug-likeness (QED) is 0.793. The minimum absolute atomic E-state index is 0.0588. The Labute approximate surface area is 109 Å². The van der Waals surface area contributed by atoms with Crippen LogP contribution in [0.25, 0.3) is 11.3 Å². The number of nitrogens with one attached hydrogen (secondary N) is 2. The minimum Gasteiger partial charge on any atom is -0.507 e. The number of phenols is 1. The summed E-state index contributed by atoms with van der Waals surface area (Å²) in [7, 11) is 0. The van der Waals surface area contributed by atoms with Crippen molar-refractivity contribution in [3.8, 4) is 17.0 Å². The van der Waals surface area contributed by atoms with Crippen molar-refractivity contribution < 1.29 is 14.3 Å². The molecule has 0 aliphatic heterocycles. The fraction of sp³-hybridized carbons (Fsp3) is 0.231. The summed E-state index contributed by atoms with van der Waals surface area (Å²) in [5, 5.41) is 18.8. The van der Waals surface area contributed by atoms with Gasteiger partial charge in [0.05, 0.1) is 5.69 Å². The zero-order valence-electron chi connectivity index (χ0n) is 10.4. The predicted molar refractivity (Wildman–Crippen MR) is 69.2 cm³/mol. The molecule has 5 nitrogen and oxygen atoms in total. The van der Waals surface area contributed by atoms with Gasteiger partial charge in [-0.15, -0.1) is 0 Å². The average molecular weight is 263 g/mol. The van der Waals surface area contributed by atoms with Crippen molar-refractivity contribution in [1.29, 1.82) is 0 Å². The number of aromatic nitrogens is 2. The summed E-state index contributed by atoms with van der Waals surface area (Å²) in [6.45, 7) is 1.90. The number of aromatic amines is 1. The van der Waals surface area contributed by atoms with Gasteiger partial charge in [0.2, 0.25) is 5.91 Å². The third kappa shape index (κ3) is 3.09. The zero-order valence-corrected chi connectivity index (χ0v) is 10.4. The van der Waals surface area contributed by atoms with E-state index < -0.39 is 5.82 Å². The van der Waals surface area contributed by atoms with Crippen molar-refractivity contribution in [3.05, 3.63) is 30.1 Å². The van der Waals surface area contributed by atoms with E-state index in [1.165, 1.54) is 18.2 Å². The Balaban J connectivity index is 2.21. The van der Waals surface area contributed by atoms with Crippen LogP contribution in [0, 0.1) is 5.82 Å². The number of rotatable bonds is 4. The fourth-order valence-electron chi connectivity index (χ4n) is 1.68. The van der Waals surface area contributed by atoms with Gasteiger partial charge in [0.1, 0.15) is 11.6 Å². The molecule has 0 saturated heterocycles. The molecule has 0 saturated carbocycles. The van der Waals surface area contributed by atoms with Gasteiger partial charge in [-0.1, -0.05) is 6.92 Å². The Kier molecular flexibility index (Phi) is 3.79. The molecule has 0 atom stereocenters. The van der Waals surface area contributed by atoms with E-state index in [0.29, 0.717) is 23.5 Å². The largest absolute Gasteiger partial charge is 0.507 e. The maximum absolute atomic E-state index is 13.1.